The SMILES string of the molecule is CC(N)c1cc2ccn(CC(F)(F)F)c2cn1. The molecule has 92 valence electrons. The van der Waals surface area contributed by atoms with E-state index in [0.717, 1.165) is 9.95 Å². The van der Waals surface area contributed by atoms with Gasteiger partial charge in [0.2, 0.25) is 0 Å². The topological polar surface area (TPSA) is 43.8 Å². The number of nitrogens with two attached hydrogens (primary N) is 1. The highest BCUT2D eigenvalue weighted by molar-refractivity contribution is 5.79. The van der Waals surface area contributed by atoms with Crippen molar-refractivity contribution < 1.29 is 13.2 Å². The van der Waals surface area contributed by atoms with E-state index in [1.807, 2.05) is 0 Å². The number of hydrogen-bond acceptors (Lipinski definition) is 2. The van der Waals surface area contributed by atoms with Crippen molar-refractivity contribution in [2.45, 2.75) is 25.7 Å². The highest BCUT2D eigenvalue weighted by Gasteiger charge is 2.28. The molecule has 0 aliphatic carbocycles. The van der Waals surface area contributed by atoms with Gasteiger partial charge in [-0.3, -0.25) is 4.98 Å². The molecule has 2 rings (SSSR count). The number of rotatable bonds is 2. The first-order valence-electron chi connectivity index (χ1n) is 5.14. The zero-order chi connectivity index (χ0) is 12.6. The molecule has 0 aromatic carbocycles. The van der Waals surface area contributed by atoms with Gasteiger partial charge in [-0.1, -0.05) is 0 Å². The number of pyridine rings is 1. The Morgan fingerprint density at radius 2 is 2.18 bits per heavy atom. The summed E-state index contributed by atoms with van der Waals surface area (Å²) in [4.78, 5) is 4.06. The van der Waals surface area contributed by atoms with E-state index in [9.17, 15) is 13.2 Å². The fourth-order valence-corrected chi connectivity index (χ4v) is 1.68. The van der Waals surface area contributed by atoms with Gasteiger partial charge in [-0.15, -0.1) is 0 Å². The van der Waals surface area contributed by atoms with E-state index in [0.29, 0.717) is 11.2 Å². The lowest BCUT2D eigenvalue weighted by atomic mass is 10.2. The van der Waals surface area contributed by atoms with Crippen molar-refractivity contribution >= 4 is 10.9 Å². The van der Waals surface area contributed by atoms with Crippen LogP contribution in [0.4, 0.5) is 13.2 Å². The molecule has 0 fully saturated rings. The van der Waals surface area contributed by atoms with E-state index in [4.69, 9.17) is 5.73 Å². The zero-order valence-corrected chi connectivity index (χ0v) is 9.20. The van der Waals surface area contributed by atoms with Crippen LogP contribution in [-0.2, 0) is 6.54 Å². The highest BCUT2D eigenvalue weighted by Crippen LogP contribution is 2.23. The average Bonchev–Trinajstić information content (AvgIpc) is 2.58. The normalized spacial score (nSPS) is 14.2. The minimum Gasteiger partial charge on any atom is -0.337 e. The zero-order valence-electron chi connectivity index (χ0n) is 9.20. The van der Waals surface area contributed by atoms with Gasteiger partial charge in [0.05, 0.1) is 17.4 Å². The van der Waals surface area contributed by atoms with Crippen LogP contribution < -0.4 is 5.73 Å². The van der Waals surface area contributed by atoms with Crippen molar-refractivity contribution in [1.82, 2.24) is 9.55 Å². The van der Waals surface area contributed by atoms with E-state index in [-0.39, 0.29) is 6.04 Å². The number of alkyl halides is 3. The van der Waals surface area contributed by atoms with Crippen LogP contribution in [0.2, 0.25) is 0 Å². The van der Waals surface area contributed by atoms with Gasteiger partial charge in [0.25, 0.3) is 0 Å². The maximum Gasteiger partial charge on any atom is 0.406 e. The molecule has 0 saturated carbocycles. The Bertz CT molecular complexity index is 528. The van der Waals surface area contributed by atoms with Crippen LogP contribution in [0, 0.1) is 0 Å². The Morgan fingerprint density at radius 1 is 1.47 bits per heavy atom. The first-order valence-corrected chi connectivity index (χ1v) is 5.14. The molecule has 2 N–H and O–H groups in total. The number of fused-ring (bicyclic) bond motifs is 1. The molecule has 0 aliphatic heterocycles. The molecule has 0 aliphatic rings. The molecule has 1 unspecified atom stereocenters. The van der Waals surface area contributed by atoms with Gasteiger partial charge < -0.3 is 10.3 Å². The Balaban J connectivity index is 2.42. The van der Waals surface area contributed by atoms with Gasteiger partial charge in [0, 0.05) is 17.6 Å². The summed E-state index contributed by atoms with van der Waals surface area (Å²) in [6.07, 6.45) is -1.39. The maximum absolute atomic E-state index is 12.3. The van der Waals surface area contributed by atoms with Crippen LogP contribution >= 0.6 is 0 Å². The summed E-state index contributed by atoms with van der Waals surface area (Å²) in [6.45, 7) is 0.774. The summed E-state index contributed by atoms with van der Waals surface area (Å²) < 4.78 is 38.0. The number of hydrogen-bond donors (Lipinski definition) is 1. The molecule has 0 saturated heterocycles. The standard InChI is InChI=1S/C11H12F3N3/c1-7(15)9-4-8-2-3-17(6-11(12,13)14)10(8)5-16-9/h2-5,7H,6,15H2,1H3. The molecule has 2 heterocycles. The predicted octanol–water partition coefficient (Wildman–Crippen LogP) is 2.62. The van der Waals surface area contributed by atoms with Crippen LogP contribution in [-0.4, -0.2) is 15.7 Å². The van der Waals surface area contributed by atoms with E-state index in [1.54, 1.807) is 19.1 Å². The Hall–Kier alpha value is -1.56. The van der Waals surface area contributed by atoms with Crippen LogP contribution in [0.25, 0.3) is 10.9 Å². The predicted molar refractivity (Wildman–Crippen MR) is 58.4 cm³/mol. The summed E-state index contributed by atoms with van der Waals surface area (Å²) in [7, 11) is 0. The lowest BCUT2D eigenvalue weighted by Gasteiger charge is -2.09. The monoisotopic (exact) mass is 243 g/mol. The fourth-order valence-electron chi connectivity index (χ4n) is 1.68. The molecule has 6 heteroatoms. The second-order valence-electron chi connectivity index (χ2n) is 4.02. The molecule has 17 heavy (non-hydrogen) atoms. The second kappa shape index (κ2) is 4.03. The first-order chi connectivity index (χ1) is 7.87. The third-order valence-corrected chi connectivity index (χ3v) is 2.49. The van der Waals surface area contributed by atoms with Crippen molar-refractivity contribution in [1.29, 1.82) is 0 Å². The van der Waals surface area contributed by atoms with Gasteiger partial charge in [0.1, 0.15) is 6.54 Å². The third-order valence-electron chi connectivity index (χ3n) is 2.49. The molecule has 0 bridgehead atoms. The van der Waals surface area contributed by atoms with Crippen molar-refractivity contribution in [2.24, 2.45) is 5.73 Å². The smallest absolute Gasteiger partial charge is 0.337 e. The summed E-state index contributed by atoms with van der Waals surface area (Å²) in [6, 6.07) is 3.12. The molecule has 2 aromatic rings. The van der Waals surface area contributed by atoms with E-state index in [1.165, 1.54) is 12.4 Å². The second-order valence-corrected chi connectivity index (χ2v) is 4.02. The Labute approximate surface area is 96.0 Å². The highest BCUT2D eigenvalue weighted by atomic mass is 19.4. The molecular formula is C11H12F3N3. The van der Waals surface area contributed by atoms with Crippen LogP contribution in [0.1, 0.15) is 18.7 Å². The van der Waals surface area contributed by atoms with Gasteiger partial charge in [0.15, 0.2) is 0 Å². The molecule has 0 radical (unpaired) electrons. The van der Waals surface area contributed by atoms with Crippen LogP contribution in [0.15, 0.2) is 24.5 Å². The van der Waals surface area contributed by atoms with Gasteiger partial charge in [-0.2, -0.15) is 13.2 Å². The molecule has 2 aromatic heterocycles. The van der Waals surface area contributed by atoms with Crippen molar-refractivity contribution in [2.75, 3.05) is 0 Å². The fraction of sp³-hybridized carbons (Fsp3) is 0.364. The first kappa shape index (κ1) is 11.9. The molecular weight excluding hydrogens is 231 g/mol. The van der Waals surface area contributed by atoms with Crippen molar-refractivity contribution in [3.05, 3.63) is 30.2 Å². The summed E-state index contributed by atoms with van der Waals surface area (Å²) >= 11 is 0. The molecule has 0 amide bonds. The molecule has 3 nitrogen and oxygen atoms in total. The summed E-state index contributed by atoms with van der Waals surface area (Å²) in [5.74, 6) is 0. The van der Waals surface area contributed by atoms with Crippen molar-refractivity contribution in [3.63, 3.8) is 0 Å². The van der Waals surface area contributed by atoms with Crippen LogP contribution in [0.3, 0.4) is 0 Å². The van der Waals surface area contributed by atoms with Gasteiger partial charge in [-0.05, 0) is 19.1 Å². The minimum absolute atomic E-state index is 0.231. The van der Waals surface area contributed by atoms with E-state index < -0.39 is 12.7 Å². The van der Waals surface area contributed by atoms with Gasteiger partial charge in [-0.25, -0.2) is 0 Å². The third kappa shape index (κ3) is 2.58. The minimum atomic E-state index is -4.23. The van der Waals surface area contributed by atoms with Gasteiger partial charge >= 0.3 is 6.18 Å². The number of halogens is 3. The van der Waals surface area contributed by atoms with Crippen molar-refractivity contribution in [3.8, 4) is 0 Å². The number of aromatic nitrogens is 2. The summed E-state index contributed by atoms with van der Waals surface area (Å²) in [5.41, 5.74) is 6.80. The number of nitrogens with zero attached hydrogens (tertiary/aromatic N) is 2. The Kier molecular flexibility index (Phi) is 2.82. The average molecular weight is 243 g/mol. The van der Waals surface area contributed by atoms with Crippen LogP contribution in [0.5, 0.6) is 0 Å². The van der Waals surface area contributed by atoms with E-state index >= 15 is 0 Å². The Morgan fingerprint density at radius 3 is 2.76 bits per heavy atom. The lowest BCUT2D eigenvalue weighted by molar-refractivity contribution is -0.139. The largest absolute Gasteiger partial charge is 0.406 e. The summed E-state index contributed by atoms with van der Waals surface area (Å²) in [5, 5.41) is 0.719. The lowest BCUT2D eigenvalue weighted by Crippen LogP contribution is -2.17. The molecule has 1 atom stereocenters. The maximum atomic E-state index is 12.3. The molecule has 0 spiro atoms. The van der Waals surface area contributed by atoms with E-state index in [2.05, 4.69) is 4.98 Å². The quantitative estimate of drug-likeness (QED) is 0.881.